The molecule has 0 unspecified atom stereocenters. The monoisotopic (exact) mass is 305 g/mol. The van der Waals surface area contributed by atoms with Gasteiger partial charge in [0.25, 0.3) is 0 Å². The molecule has 0 saturated heterocycles. The van der Waals surface area contributed by atoms with Crippen molar-refractivity contribution in [1.29, 1.82) is 0 Å². The van der Waals surface area contributed by atoms with Crippen molar-refractivity contribution in [1.82, 2.24) is 4.98 Å². The van der Waals surface area contributed by atoms with Crippen LogP contribution < -0.4 is 4.74 Å². The second-order valence-corrected chi connectivity index (χ2v) is 5.71. The molecule has 0 bridgehead atoms. The van der Waals surface area contributed by atoms with Crippen molar-refractivity contribution < 1.29 is 9.84 Å². The van der Waals surface area contributed by atoms with Gasteiger partial charge in [-0.3, -0.25) is 0 Å². The van der Waals surface area contributed by atoms with Crippen molar-refractivity contribution >= 4 is 33.2 Å². The van der Waals surface area contributed by atoms with Gasteiger partial charge in [-0.1, -0.05) is 11.6 Å². The number of halogens is 1. The van der Waals surface area contributed by atoms with E-state index in [1.165, 1.54) is 17.4 Å². The predicted molar refractivity (Wildman–Crippen MR) is 82.9 cm³/mol. The smallest absolute Gasteiger partial charge is 0.128 e. The van der Waals surface area contributed by atoms with E-state index in [1.54, 1.807) is 12.1 Å². The average Bonchev–Trinajstić information content (AvgIpc) is 2.81. The lowest BCUT2D eigenvalue weighted by atomic mass is 10.2. The van der Waals surface area contributed by atoms with Crippen molar-refractivity contribution in [2.24, 2.45) is 0 Å². The Bertz CT molecular complexity index is 770. The number of aromatic hydroxyl groups is 1. The van der Waals surface area contributed by atoms with Gasteiger partial charge >= 0.3 is 0 Å². The van der Waals surface area contributed by atoms with Gasteiger partial charge in [-0.25, -0.2) is 4.98 Å². The molecule has 5 heteroatoms. The highest BCUT2D eigenvalue weighted by Gasteiger charge is 2.11. The van der Waals surface area contributed by atoms with Crippen molar-refractivity contribution in [3.63, 3.8) is 0 Å². The Morgan fingerprint density at radius 1 is 1.25 bits per heavy atom. The molecule has 102 valence electrons. The summed E-state index contributed by atoms with van der Waals surface area (Å²) in [5.74, 6) is 0.970. The molecule has 0 saturated carbocycles. The first kappa shape index (κ1) is 13.2. The largest absolute Gasteiger partial charge is 0.507 e. The lowest BCUT2D eigenvalue weighted by Gasteiger charge is -2.00. The predicted octanol–water partition coefficient (Wildman–Crippen LogP) is 4.72. The van der Waals surface area contributed by atoms with Gasteiger partial charge in [0, 0.05) is 5.02 Å². The number of thiazole rings is 1. The SMILES string of the molecule is CCOc1ccc2nc(-c3ccc(Cl)cc3O)sc2c1. The van der Waals surface area contributed by atoms with Gasteiger partial charge in [0.15, 0.2) is 0 Å². The summed E-state index contributed by atoms with van der Waals surface area (Å²) in [5, 5.41) is 11.2. The van der Waals surface area contributed by atoms with Crippen LogP contribution in [0.1, 0.15) is 6.92 Å². The van der Waals surface area contributed by atoms with Crippen molar-refractivity contribution in [3.05, 3.63) is 41.4 Å². The zero-order valence-corrected chi connectivity index (χ0v) is 12.3. The Morgan fingerprint density at radius 2 is 2.10 bits per heavy atom. The number of hydrogen-bond acceptors (Lipinski definition) is 4. The summed E-state index contributed by atoms with van der Waals surface area (Å²) in [6.07, 6.45) is 0. The van der Waals surface area contributed by atoms with Gasteiger partial charge in [0.1, 0.15) is 16.5 Å². The van der Waals surface area contributed by atoms with E-state index < -0.39 is 0 Å². The first-order valence-corrected chi connectivity index (χ1v) is 7.39. The number of hydrogen-bond donors (Lipinski definition) is 1. The maximum atomic E-state index is 9.97. The molecule has 0 aliphatic heterocycles. The van der Waals surface area contributed by atoms with Crippen LogP contribution in [-0.4, -0.2) is 16.7 Å². The van der Waals surface area contributed by atoms with Gasteiger partial charge in [-0.2, -0.15) is 0 Å². The van der Waals surface area contributed by atoms with Crippen LogP contribution in [0.25, 0.3) is 20.8 Å². The molecule has 2 aromatic carbocycles. The molecule has 0 aliphatic carbocycles. The maximum absolute atomic E-state index is 9.97. The minimum absolute atomic E-state index is 0.140. The number of phenolic OH excluding ortho intramolecular Hbond substituents is 1. The molecule has 0 fully saturated rings. The molecule has 0 amide bonds. The summed E-state index contributed by atoms with van der Waals surface area (Å²) in [5.41, 5.74) is 1.58. The third-order valence-corrected chi connectivity index (χ3v) is 4.15. The molecular formula is C15H12ClNO2S. The van der Waals surface area contributed by atoms with E-state index in [1.807, 2.05) is 25.1 Å². The van der Waals surface area contributed by atoms with Gasteiger partial charge < -0.3 is 9.84 Å². The minimum Gasteiger partial charge on any atom is -0.507 e. The zero-order valence-electron chi connectivity index (χ0n) is 10.8. The minimum atomic E-state index is 0.140. The van der Waals surface area contributed by atoms with E-state index in [4.69, 9.17) is 16.3 Å². The molecule has 3 aromatic rings. The summed E-state index contributed by atoms with van der Waals surface area (Å²) in [6.45, 7) is 2.59. The molecule has 1 aromatic heterocycles. The Balaban J connectivity index is 2.08. The molecule has 3 rings (SSSR count). The van der Waals surface area contributed by atoms with E-state index in [9.17, 15) is 5.11 Å². The van der Waals surface area contributed by atoms with Crippen molar-refractivity contribution in [2.75, 3.05) is 6.61 Å². The summed E-state index contributed by atoms with van der Waals surface area (Å²) >= 11 is 7.36. The van der Waals surface area contributed by atoms with Crippen LogP contribution >= 0.6 is 22.9 Å². The number of benzene rings is 2. The van der Waals surface area contributed by atoms with E-state index in [-0.39, 0.29) is 5.75 Å². The van der Waals surface area contributed by atoms with Crippen LogP contribution in [0.4, 0.5) is 0 Å². The van der Waals surface area contributed by atoms with Crippen LogP contribution in [0.3, 0.4) is 0 Å². The Labute approximate surface area is 125 Å². The summed E-state index contributed by atoms with van der Waals surface area (Å²) < 4.78 is 6.51. The highest BCUT2D eigenvalue weighted by molar-refractivity contribution is 7.21. The van der Waals surface area contributed by atoms with Crippen LogP contribution in [0.5, 0.6) is 11.5 Å². The number of ether oxygens (including phenoxy) is 1. The normalized spacial score (nSPS) is 10.9. The molecule has 3 nitrogen and oxygen atoms in total. The van der Waals surface area contributed by atoms with Crippen LogP contribution in [-0.2, 0) is 0 Å². The van der Waals surface area contributed by atoms with Crippen LogP contribution in [0, 0.1) is 0 Å². The van der Waals surface area contributed by atoms with Crippen LogP contribution in [0.15, 0.2) is 36.4 Å². The molecule has 1 N–H and O–H groups in total. The molecule has 1 heterocycles. The maximum Gasteiger partial charge on any atom is 0.128 e. The number of aromatic nitrogens is 1. The number of nitrogens with zero attached hydrogens (tertiary/aromatic N) is 1. The first-order chi connectivity index (χ1) is 9.67. The van der Waals surface area contributed by atoms with Crippen LogP contribution in [0.2, 0.25) is 5.02 Å². The lowest BCUT2D eigenvalue weighted by molar-refractivity contribution is 0.341. The lowest BCUT2D eigenvalue weighted by Crippen LogP contribution is -1.89. The second-order valence-electron chi connectivity index (χ2n) is 4.24. The molecule has 0 atom stereocenters. The topological polar surface area (TPSA) is 42.4 Å². The summed E-state index contributed by atoms with van der Waals surface area (Å²) in [6, 6.07) is 10.8. The fourth-order valence-corrected chi connectivity index (χ4v) is 3.16. The number of fused-ring (bicyclic) bond motifs is 1. The standard InChI is InChI=1S/C15H12ClNO2S/c1-2-19-10-4-6-12-14(8-10)20-15(17-12)11-5-3-9(16)7-13(11)18/h3-8,18H,2H2,1H3. The van der Waals surface area contributed by atoms with Crippen molar-refractivity contribution in [3.8, 4) is 22.1 Å². The molecule has 20 heavy (non-hydrogen) atoms. The van der Waals surface area contributed by atoms with E-state index >= 15 is 0 Å². The third kappa shape index (κ3) is 2.44. The fraction of sp³-hybridized carbons (Fsp3) is 0.133. The van der Waals surface area contributed by atoms with Gasteiger partial charge in [-0.15, -0.1) is 11.3 Å². The fourth-order valence-electron chi connectivity index (χ4n) is 1.96. The van der Waals surface area contributed by atoms with Gasteiger partial charge in [0.2, 0.25) is 0 Å². The first-order valence-electron chi connectivity index (χ1n) is 6.19. The highest BCUT2D eigenvalue weighted by Crippen LogP contribution is 2.37. The third-order valence-electron chi connectivity index (χ3n) is 2.86. The average molecular weight is 306 g/mol. The highest BCUT2D eigenvalue weighted by atomic mass is 35.5. The summed E-state index contributed by atoms with van der Waals surface area (Å²) in [4.78, 5) is 4.53. The van der Waals surface area contributed by atoms with E-state index in [2.05, 4.69) is 4.98 Å². The molecule has 0 spiro atoms. The van der Waals surface area contributed by atoms with E-state index in [0.29, 0.717) is 17.2 Å². The van der Waals surface area contributed by atoms with Gasteiger partial charge in [0.05, 0.1) is 22.4 Å². The number of rotatable bonds is 3. The van der Waals surface area contributed by atoms with Gasteiger partial charge in [-0.05, 0) is 43.3 Å². The zero-order chi connectivity index (χ0) is 14.1. The Hall–Kier alpha value is -1.78. The second kappa shape index (κ2) is 5.31. The van der Waals surface area contributed by atoms with Crippen molar-refractivity contribution in [2.45, 2.75) is 6.92 Å². The number of phenols is 1. The molecule has 0 radical (unpaired) electrons. The quantitative estimate of drug-likeness (QED) is 0.761. The Morgan fingerprint density at radius 3 is 2.85 bits per heavy atom. The Kier molecular flexibility index (Phi) is 3.51. The molecular weight excluding hydrogens is 294 g/mol. The summed E-state index contributed by atoms with van der Waals surface area (Å²) in [7, 11) is 0. The van der Waals surface area contributed by atoms with E-state index in [0.717, 1.165) is 21.0 Å². The molecule has 0 aliphatic rings.